The monoisotopic (exact) mass is 540 g/mol. The first-order valence-electron chi connectivity index (χ1n) is 14.2. The van der Waals surface area contributed by atoms with Gasteiger partial charge in [0.1, 0.15) is 0 Å². The zero-order valence-electron chi connectivity index (χ0n) is 23.1. The van der Waals surface area contributed by atoms with Crippen molar-refractivity contribution < 1.29 is 22.6 Å². The number of carbonyl (C=O) groups is 1. The molecular formula is C30H38F2N4O3. The molecule has 0 aliphatic heterocycles. The Balaban J connectivity index is 1.25. The lowest BCUT2D eigenvalue weighted by Crippen LogP contribution is -2.40. The third-order valence-corrected chi connectivity index (χ3v) is 7.69. The van der Waals surface area contributed by atoms with Gasteiger partial charge in [-0.3, -0.25) is 4.79 Å². The average Bonchev–Trinajstić information content (AvgIpc) is 3.41. The van der Waals surface area contributed by atoms with Gasteiger partial charge in [-0.1, -0.05) is 49.6 Å². The largest absolute Gasteiger partial charge is 0.356 e. The van der Waals surface area contributed by atoms with Crippen molar-refractivity contribution in [3.63, 3.8) is 0 Å². The van der Waals surface area contributed by atoms with Gasteiger partial charge in [-0.15, -0.1) is 0 Å². The summed E-state index contributed by atoms with van der Waals surface area (Å²) in [6.07, 6.45) is 5.44. The zero-order valence-corrected chi connectivity index (χ0v) is 23.1. The maximum Gasteiger partial charge on any atom is 0.248 e. The van der Waals surface area contributed by atoms with Gasteiger partial charge in [0.15, 0.2) is 11.6 Å². The van der Waals surface area contributed by atoms with Crippen LogP contribution in [-0.4, -0.2) is 33.7 Å². The van der Waals surface area contributed by atoms with Gasteiger partial charge in [0, 0.05) is 60.4 Å². The summed E-state index contributed by atoms with van der Waals surface area (Å²) >= 11 is 0. The molecule has 2 saturated carbocycles. The summed E-state index contributed by atoms with van der Waals surface area (Å²) in [5.74, 6) is -0.653. The molecule has 2 fully saturated rings. The number of unbranched alkanes of at least 4 members (excludes halogenated alkanes) is 2. The minimum absolute atomic E-state index is 0.0770. The van der Waals surface area contributed by atoms with Crippen LogP contribution in [0.3, 0.4) is 0 Å². The summed E-state index contributed by atoms with van der Waals surface area (Å²) < 4.78 is 38.6. The number of anilines is 1. The third-order valence-electron chi connectivity index (χ3n) is 7.69. The van der Waals surface area contributed by atoms with Crippen LogP contribution in [0.5, 0.6) is 0 Å². The number of aryl methyl sites for hydroxylation is 1. The van der Waals surface area contributed by atoms with Crippen molar-refractivity contribution in [1.29, 1.82) is 0 Å². The Bertz CT molecular complexity index is 1260. The van der Waals surface area contributed by atoms with E-state index in [-0.39, 0.29) is 37.0 Å². The first kappa shape index (κ1) is 27.5. The smallest absolute Gasteiger partial charge is 0.248 e. The first-order chi connectivity index (χ1) is 18.6. The highest BCUT2D eigenvalue weighted by atomic mass is 19.3. The van der Waals surface area contributed by atoms with E-state index in [1.54, 1.807) is 4.90 Å². The molecular weight excluding hydrogens is 502 g/mol. The fourth-order valence-corrected chi connectivity index (χ4v) is 5.09. The molecule has 0 saturated heterocycles. The van der Waals surface area contributed by atoms with Crippen LogP contribution < -0.4 is 4.90 Å². The Labute approximate surface area is 228 Å². The van der Waals surface area contributed by atoms with Gasteiger partial charge in [0.05, 0.1) is 5.69 Å². The Morgan fingerprint density at radius 2 is 1.79 bits per heavy atom. The van der Waals surface area contributed by atoms with Crippen molar-refractivity contribution in [1.82, 2.24) is 15.3 Å². The van der Waals surface area contributed by atoms with E-state index in [0.717, 1.165) is 49.0 Å². The van der Waals surface area contributed by atoms with Gasteiger partial charge in [-0.2, -0.15) is 4.98 Å². The van der Waals surface area contributed by atoms with Crippen LogP contribution in [0.4, 0.5) is 14.5 Å². The average molecular weight is 541 g/mol. The number of carbonyl (C=O) groups excluding carboxylic acids is 1. The van der Waals surface area contributed by atoms with Crippen molar-refractivity contribution >= 4 is 11.6 Å². The summed E-state index contributed by atoms with van der Waals surface area (Å²) in [5.41, 5.74) is 2.40. The predicted octanol–water partition coefficient (Wildman–Crippen LogP) is 7.47. The predicted molar refractivity (Wildman–Crippen MR) is 144 cm³/mol. The standard InChI is InChI=1S/C30H38F2N4O3/c1-29(2,3)28-33-26(35-39-28)10-5-4-6-17-36(27(37)21-13-15-30(31,32)16-14-21)23-9-7-8-22(18-23)25-19-24(34-38-25)20-11-12-20/h7-9,18-21H,4-6,10-17H2,1-3H3. The van der Waals surface area contributed by atoms with Crippen molar-refractivity contribution in [3.05, 3.63) is 47.7 Å². The number of benzene rings is 1. The van der Waals surface area contributed by atoms with Crippen molar-refractivity contribution in [2.75, 3.05) is 11.4 Å². The highest BCUT2D eigenvalue weighted by Crippen LogP contribution is 2.41. The molecule has 7 nitrogen and oxygen atoms in total. The van der Waals surface area contributed by atoms with E-state index in [1.807, 2.05) is 51.1 Å². The molecule has 2 aliphatic rings. The van der Waals surface area contributed by atoms with Crippen LogP contribution >= 0.6 is 0 Å². The van der Waals surface area contributed by atoms with E-state index in [1.165, 1.54) is 0 Å². The van der Waals surface area contributed by atoms with Crippen molar-refractivity contribution in [2.24, 2.45) is 5.92 Å². The SMILES string of the molecule is CC(C)(C)c1nc(CCCCCN(C(=O)C2CCC(F)(F)CC2)c2cccc(-c3cc(C4CC4)no3)c2)no1. The number of alkyl halides is 2. The van der Waals surface area contributed by atoms with Gasteiger partial charge >= 0.3 is 0 Å². The fraction of sp³-hybridized carbons (Fsp3) is 0.600. The molecule has 0 radical (unpaired) electrons. The molecule has 0 spiro atoms. The van der Waals surface area contributed by atoms with E-state index in [2.05, 4.69) is 15.3 Å². The second-order valence-corrected chi connectivity index (χ2v) is 12.1. The normalized spacial score (nSPS) is 17.9. The van der Waals surface area contributed by atoms with E-state index >= 15 is 0 Å². The number of amides is 1. The minimum atomic E-state index is -2.67. The lowest BCUT2D eigenvalue weighted by atomic mass is 9.85. The summed E-state index contributed by atoms with van der Waals surface area (Å²) in [6.45, 7) is 6.62. The maximum absolute atomic E-state index is 13.8. The molecule has 0 bridgehead atoms. The highest BCUT2D eigenvalue weighted by molar-refractivity contribution is 5.95. The molecule has 3 aromatic rings. The molecule has 2 heterocycles. The number of hydrogen-bond donors (Lipinski definition) is 0. The third kappa shape index (κ3) is 6.92. The molecule has 5 rings (SSSR count). The number of aromatic nitrogens is 3. The van der Waals surface area contributed by atoms with Crippen LogP contribution in [0.2, 0.25) is 0 Å². The fourth-order valence-electron chi connectivity index (χ4n) is 5.09. The molecule has 39 heavy (non-hydrogen) atoms. The summed E-state index contributed by atoms with van der Waals surface area (Å²) in [4.78, 5) is 19.9. The Morgan fingerprint density at radius 1 is 1.03 bits per heavy atom. The lowest BCUT2D eigenvalue weighted by molar-refractivity contribution is -0.126. The molecule has 2 aliphatic carbocycles. The second-order valence-electron chi connectivity index (χ2n) is 12.1. The Hall–Kier alpha value is -3.10. The molecule has 1 amide bonds. The second kappa shape index (κ2) is 11.2. The van der Waals surface area contributed by atoms with E-state index in [4.69, 9.17) is 9.05 Å². The van der Waals surface area contributed by atoms with Crippen molar-refractivity contribution in [3.8, 4) is 11.3 Å². The van der Waals surface area contributed by atoms with Gasteiger partial charge in [-0.25, -0.2) is 8.78 Å². The van der Waals surface area contributed by atoms with E-state index in [9.17, 15) is 13.6 Å². The minimum Gasteiger partial charge on any atom is -0.356 e. The van der Waals surface area contributed by atoms with E-state index < -0.39 is 11.8 Å². The summed E-state index contributed by atoms with van der Waals surface area (Å²) in [5, 5.41) is 8.31. The van der Waals surface area contributed by atoms with Crippen LogP contribution in [-0.2, 0) is 16.6 Å². The topological polar surface area (TPSA) is 85.3 Å². The molecule has 1 aromatic carbocycles. The number of hydrogen-bond acceptors (Lipinski definition) is 6. The molecule has 9 heteroatoms. The number of halogens is 2. The molecule has 0 N–H and O–H groups in total. The molecule has 0 atom stereocenters. The summed E-state index contributed by atoms with van der Waals surface area (Å²) in [7, 11) is 0. The number of rotatable bonds is 10. The molecule has 210 valence electrons. The quantitative estimate of drug-likeness (QED) is 0.248. The Kier molecular flexibility index (Phi) is 7.87. The van der Waals surface area contributed by atoms with Gasteiger partial charge in [0.2, 0.25) is 17.7 Å². The maximum atomic E-state index is 13.8. The first-order valence-corrected chi connectivity index (χ1v) is 14.2. The van der Waals surface area contributed by atoms with Gasteiger partial charge < -0.3 is 13.9 Å². The molecule has 2 aromatic heterocycles. The van der Waals surface area contributed by atoms with Gasteiger partial charge in [0.25, 0.3) is 0 Å². The summed E-state index contributed by atoms with van der Waals surface area (Å²) in [6, 6.07) is 9.68. The number of nitrogens with zero attached hydrogens (tertiary/aromatic N) is 4. The highest BCUT2D eigenvalue weighted by Gasteiger charge is 2.39. The van der Waals surface area contributed by atoms with Crippen molar-refractivity contribution in [2.45, 2.75) is 102 Å². The lowest BCUT2D eigenvalue weighted by Gasteiger charge is -2.32. The van der Waals surface area contributed by atoms with Crippen LogP contribution in [0.15, 0.2) is 39.4 Å². The van der Waals surface area contributed by atoms with Crippen LogP contribution in [0.1, 0.15) is 102 Å². The zero-order chi connectivity index (χ0) is 27.6. The van der Waals surface area contributed by atoms with Crippen LogP contribution in [0.25, 0.3) is 11.3 Å². The van der Waals surface area contributed by atoms with Gasteiger partial charge in [-0.05, 0) is 50.7 Å². The Morgan fingerprint density at radius 3 is 2.49 bits per heavy atom. The van der Waals surface area contributed by atoms with Crippen LogP contribution in [0, 0.1) is 5.92 Å². The molecule has 0 unspecified atom stereocenters. The van der Waals surface area contributed by atoms with E-state index in [0.29, 0.717) is 36.4 Å².